The van der Waals surface area contributed by atoms with Crippen molar-refractivity contribution in [3.63, 3.8) is 0 Å². The number of hydrogen-bond donors (Lipinski definition) is 1. The molecule has 0 atom stereocenters. The number of Topliss-reactive ketones (excluding diaryl/α,β-unsaturated/α-hetero) is 1. The van der Waals surface area contributed by atoms with Gasteiger partial charge in [-0.05, 0) is 59.0 Å². The number of methoxy groups -OCH3 is 1. The Labute approximate surface area is 159 Å². The lowest BCUT2D eigenvalue weighted by molar-refractivity contribution is -0.114. The topological polar surface area (TPSA) is 99.0 Å². The lowest BCUT2D eigenvalue weighted by Crippen LogP contribution is -2.07. The van der Waals surface area contributed by atoms with Crippen LogP contribution in [0.5, 0.6) is 5.75 Å². The highest BCUT2D eigenvalue weighted by Gasteiger charge is 2.13. The highest BCUT2D eigenvalue weighted by Crippen LogP contribution is 2.21. The van der Waals surface area contributed by atoms with E-state index >= 15 is 0 Å². The molecule has 2 aromatic carbocycles. The standard InChI is InChI=1S/C18H17N5O3S/c1-12(24)19-14-5-3-13(4-6-14)17(25)11-27-18-20-21-22-23(18)15-7-9-16(26-2)10-8-15/h3-10H,11H2,1-2H3,(H,19,24). The minimum Gasteiger partial charge on any atom is -0.497 e. The average Bonchev–Trinajstić information content (AvgIpc) is 3.15. The van der Waals surface area contributed by atoms with Gasteiger partial charge in [0.15, 0.2) is 5.78 Å². The number of carbonyl (C=O) groups excluding carboxylic acids is 2. The van der Waals surface area contributed by atoms with Gasteiger partial charge in [-0.1, -0.05) is 11.8 Å². The lowest BCUT2D eigenvalue weighted by atomic mass is 10.1. The quantitative estimate of drug-likeness (QED) is 0.494. The molecule has 3 rings (SSSR count). The Bertz CT molecular complexity index is 938. The molecular formula is C18H17N5O3S. The van der Waals surface area contributed by atoms with Gasteiger partial charge in [0.25, 0.3) is 0 Å². The fourth-order valence-corrected chi connectivity index (χ4v) is 3.10. The van der Waals surface area contributed by atoms with Crippen molar-refractivity contribution in [3.8, 4) is 11.4 Å². The summed E-state index contributed by atoms with van der Waals surface area (Å²) in [5.74, 6) is 0.711. The van der Waals surface area contributed by atoms with Gasteiger partial charge in [0.2, 0.25) is 11.1 Å². The van der Waals surface area contributed by atoms with Crippen LogP contribution in [0.1, 0.15) is 17.3 Å². The van der Waals surface area contributed by atoms with Crippen molar-refractivity contribution in [2.24, 2.45) is 0 Å². The molecule has 0 fully saturated rings. The third-order valence-electron chi connectivity index (χ3n) is 3.62. The van der Waals surface area contributed by atoms with E-state index in [1.54, 1.807) is 36.1 Å². The Morgan fingerprint density at radius 1 is 1.11 bits per heavy atom. The van der Waals surface area contributed by atoms with Gasteiger partial charge in [-0.25, -0.2) is 0 Å². The van der Waals surface area contributed by atoms with E-state index in [-0.39, 0.29) is 17.4 Å². The fourth-order valence-electron chi connectivity index (χ4n) is 2.31. The van der Waals surface area contributed by atoms with Gasteiger partial charge in [0.1, 0.15) is 5.75 Å². The number of aromatic nitrogens is 4. The summed E-state index contributed by atoms with van der Waals surface area (Å²) in [4.78, 5) is 23.4. The van der Waals surface area contributed by atoms with Crippen LogP contribution in [0.25, 0.3) is 5.69 Å². The van der Waals surface area contributed by atoms with Crippen LogP contribution in [0.15, 0.2) is 53.7 Å². The average molecular weight is 383 g/mol. The number of tetrazole rings is 1. The van der Waals surface area contributed by atoms with E-state index in [1.807, 2.05) is 24.3 Å². The van der Waals surface area contributed by atoms with Gasteiger partial charge in [-0.2, -0.15) is 4.68 Å². The third-order valence-corrected chi connectivity index (χ3v) is 4.54. The van der Waals surface area contributed by atoms with E-state index < -0.39 is 0 Å². The van der Waals surface area contributed by atoms with Crippen LogP contribution < -0.4 is 10.1 Å². The first-order valence-corrected chi connectivity index (χ1v) is 9.02. The molecule has 0 radical (unpaired) electrons. The van der Waals surface area contributed by atoms with Crippen LogP contribution in [0.3, 0.4) is 0 Å². The summed E-state index contributed by atoms with van der Waals surface area (Å²) in [6.45, 7) is 1.43. The Morgan fingerprint density at radius 3 is 2.44 bits per heavy atom. The van der Waals surface area contributed by atoms with Crippen molar-refractivity contribution in [3.05, 3.63) is 54.1 Å². The summed E-state index contributed by atoms with van der Waals surface area (Å²) < 4.78 is 6.71. The summed E-state index contributed by atoms with van der Waals surface area (Å²) in [6.07, 6.45) is 0. The number of hydrogen-bond acceptors (Lipinski definition) is 7. The second kappa shape index (κ2) is 8.45. The van der Waals surface area contributed by atoms with Crippen molar-refractivity contribution >= 4 is 29.1 Å². The second-order valence-corrected chi connectivity index (χ2v) is 6.48. The number of ether oxygens (including phenoxy) is 1. The first kappa shape index (κ1) is 18.6. The van der Waals surface area contributed by atoms with E-state index in [9.17, 15) is 9.59 Å². The maximum Gasteiger partial charge on any atom is 0.221 e. The zero-order valence-corrected chi connectivity index (χ0v) is 15.6. The highest BCUT2D eigenvalue weighted by atomic mass is 32.2. The number of anilines is 1. The van der Waals surface area contributed by atoms with Gasteiger partial charge in [-0.15, -0.1) is 5.10 Å². The molecule has 1 heterocycles. The van der Waals surface area contributed by atoms with Crippen LogP contribution in [-0.2, 0) is 4.79 Å². The number of carbonyl (C=O) groups is 2. The van der Waals surface area contributed by atoms with Crippen LogP contribution >= 0.6 is 11.8 Å². The number of nitrogens with zero attached hydrogens (tertiary/aromatic N) is 4. The number of rotatable bonds is 7. The normalized spacial score (nSPS) is 10.4. The monoisotopic (exact) mass is 383 g/mol. The molecule has 0 spiro atoms. The predicted octanol–water partition coefficient (Wildman–Crippen LogP) is 2.60. The molecule has 0 aliphatic carbocycles. The number of thioether (sulfide) groups is 1. The van der Waals surface area contributed by atoms with Crippen molar-refractivity contribution in [1.82, 2.24) is 20.2 Å². The maximum absolute atomic E-state index is 12.4. The number of nitrogens with one attached hydrogen (secondary N) is 1. The zero-order chi connectivity index (χ0) is 19.2. The van der Waals surface area contributed by atoms with Crippen LogP contribution in [0, 0.1) is 0 Å². The Kier molecular flexibility index (Phi) is 5.82. The minimum absolute atomic E-state index is 0.0568. The minimum atomic E-state index is -0.157. The molecule has 1 aromatic heterocycles. The third kappa shape index (κ3) is 4.70. The van der Waals surface area contributed by atoms with Crippen molar-refractivity contribution in [1.29, 1.82) is 0 Å². The van der Waals surface area contributed by atoms with Crippen LogP contribution in [-0.4, -0.2) is 44.8 Å². The van der Waals surface area contributed by atoms with Crippen LogP contribution in [0.2, 0.25) is 0 Å². The second-order valence-electron chi connectivity index (χ2n) is 5.54. The van der Waals surface area contributed by atoms with E-state index in [4.69, 9.17) is 4.74 Å². The molecule has 9 heteroatoms. The summed E-state index contributed by atoms with van der Waals surface area (Å²) >= 11 is 1.25. The molecule has 0 unspecified atom stereocenters. The molecule has 0 saturated carbocycles. The molecular weight excluding hydrogens is 366 g/mol. The molecule has 8 nitrogen and oxygen atoms in total. The van der Waals surface area contributed by atoms with Crippen molar-refractivity contribution in [2.75, 3.05) is 18.2 Å². The molecule has 0 aliphatic heterocycles. The maximum atomic E-state index is 12.4. The number of ketones is 1. The molecule has 0 bridgehead atoms. The molecule has 138 valence electrons. The summed E-state index contributed by atoms with van der Waals surface area (Å²) in [5, 5.41) is 14.8. The van der Waals surface area contributed by atoms with E-state index in [1.165, 1.54) is 18.7 Å². The van der Waals surface area contributed by atoms with E-state index in [0.29, 0.717) is 16.4 Å². The number of amides is 1. The number of benzene rings is 2. The zero-order valence-electron chi connectivity index (χ0n) is 14.7. The van der Waals surface area contributed by atoms with Crippen LogP contribution in [0.4, 0.5) is 5.69 Å². The SMILES string of the molecule is COc1ccc(-n2nnnc2SCC(=O)c2ccc(NC(C)=O)cc2)cc1. The molecule has 1 amide bonds. The van der Waals surface area contributed by atoms with Gasteiger partial charge >= 0.3 is 0 Å². The van der Waals surface area contributed by atoms with Crippen molar-refractivity contribution in [2.45, 2.75) is 12.1 Å². The Balaban J connectivity index is 1.65. The smallest absolute Gasteiger partial charge is 0.221 e. The lowest BCUT2D eigenvalue weighted by Gasteiger charge is -2.06. The molecule has 1 N–H and O–H groups in total. The Hall–Kier alpha value is -3.20. The van der Waals surface area contributed by atoms with Gasteiger partial charge < -0.3 is 10.1 Å². The van der Waals surface area contributed by atoms with Gasteiger partial charge in [0, 0.05) is 18.2 Å². The predicted molar refractivity (Wildman–Crippen MR) is 102 cm³/mol. The van der Waals surface area contributed by atoms with Crippen molar-refractivity contribution < 1.29 is 14.3 Å². The molecule has 3 aromatic rings. The van der Waals surface area contributed by atoms with Gasteiger partial charge in [-0.3, -0.25) is 9.59 Å². The largest absolute Gasteiger partial charge is 0.497 e. The summed E-state index contributed by atoms with van der Waals surface area (Å²) in [5.41, 5.74) is 1.98. The summed E-state index contributed by atoms with van der Waals surface area (Å²) in [7, 11) is 1.60. The molecule has 0 saturated heterocycles. The molecule has 27 heavy (non-hydrogen) atoms. The van der Waals surface area contributed by atoms with E-state index in [0.717, 1.165) is 11.4 Å². The van der Waals surface area contributed by atoms with Gasteiger partial charge in [0.05, 0.1) is 18.6 Å². The van der Waals surface area contributed by atoms with E-state index in [2.05, 4.69) is 20.8 Å². The summed E-state index contributed by atoms with van der Waals surface area (Å²) in [6, 6.07) is 14.0. The fraction of sp³-hybridized carbons (Fsp3) is 0.167. The first-order valence-electron chi connectivity index (χ1n) is 8.03. The highest BCUT2D eigenvalue weighted by molar-refractivity contribution is 7.99. The Morgan fingerprint density at radius 2 is 1.81 bits per heavy atom. The first-order chi connectivity index (χ1) is 13.1. The molecule has 0 aliphatic rings.